The second-order valence-electron chi connectivity index (χ2n) is 16.4. The third-order valence-corrected chi connectivity index (χ3v) is 10.4. The second kappa shape index (κ2) is 21.1. The second-order valence-corrected chi connectivity index (χ2v) is 16.4. The molecule has 4 aromatic rings. The molecule has 0 fully saturated rings. The quantitative estimate of drug-likeness (QED) is 0.0427. The molecule has 0 unspecified atom stereocenters. The van der Waals surface area contributed by atoms with E-state index < -0.39 is 22.8 Å². The lowest BCUT2D eigenvalue weighted by Gasteiger charge is -2.24. The zero-order valence-corrected chi connectivity index (χ0v) is 36.0. The van der Waals surface area contributed by atoms with Crippen LogP contribution in [0.2, 0.25) is 0 Å². The highest BCUT2D eigenvalue weighted by atomic mass is 16.6. The first kappa shape index (κ1) is 50.2. The molecule has 0 amide bonds. The van der Waals surface area contributed by atoms with Crippen LogP contribution in [0.3, 0.4) is 0 Å². The third kappa shape index (κ3) is 14.3. The van der Waals surface area contributed by atoms with Crippen LogP contribution in [-0.4, -0.2) is 52.8 Å². The van der Waals surface area contributed by atoms with Crippen molar-refractivity contribution in [2.75, 3.05) is 0 Å². The minimum Gasteiger partial charge on any atom is -0.508 e. The molecule has 0 spiro atoms. The number of phenolic OH excluding ortho intramolecular Hbond substituents is 8. The summed E-state index contributed by atoms with van der Waals surface area (Å²) < 4.78 is 10.0. The van der Waals surface area contributed by atoms with E-state index >= 15 is 0 Å². The van der Waals surface area contributed by atoms with Gasteiger partial charge in [-0.15, -0.1) is 0 Å². The van der Waals surface area contributed by atoms with Crippen molar-refractivity contribution in [3.05, 3.63) is 83.9 Å². The Morgan fingerprint density at radius 1 is 0.466 bits per heavy atom. The SMILES string of the molecule is CCC(C)(C)C(=O)Oc1c(O)cccc1O.CCC(C)(C)C(=O)Oc1cc(O)ccc1O.CCC(C)(C)c1c(O)cccc1O.CCC(C)(C)c1cc(O)ccc1O. The van der Waals surface area contributed by atoms with E-state index in [1.807, 2.05) is 48.5 Å². The molecule has 0 atom stereocenters. The minimum absolute atomic E-state index is 0.0217. The summed E-state index contributed by atoms with van der Waals surface area (Å²) in [5, 5.41) is 75.6. The van der Waals surface area contributed by atoms with Gasteiger partial charge < -0.3 is 50.3 Å². The van der Waals surface area contributed by atoms with Gasteiger partial charge in [0.05, 0.1) is 10.8 Å². The maximum atomic E-state index is 11.7. The molecule has 320 valence electrons. The molecule has 4 rings (SSSR count). The van der Waals surface area contributed by atoms with Crippen LogP contribution in [0.25, 0.3) is 0 Å². The van der Waals surface area contributed by atoms with E-state index in [9.17, 15) is 50.4 Å². The molecule has 0 radical (unpaired) electrons. The van der Waals surface area contributed by atoms with Crippen molar-refractivity contribution in [2.45, 2.75) is 120 Å². The van der Waals surface area contributed by atoms with Crippen molar-refractivity contribution in [1.82, 2.24) is 0 Å². The molecule has 0 aromatic heterocycles. The summed E-state index contributed by atoms with van der Waals surface area (Å²) in [6.45, 7) is 22.9. The Bertz CT molecular complexity index is 1920. The van der Waals surface area contributed by atoms with Crippen LogP contribution in [-0.2, 0) is 20.4 Å². The Morgan fingerprint density at radius 3 is 1.29 bits per heavy atom. The number of hydrogen-bond acceptors (Lipinski definition) is 12. The van der Waals surface area contributed by atoms with Crippen molar-refractivity contribution < 1.29 is 59.9 Å². The number of carbonyl (C=O) groups is 2. The average molecular weight is 809 g/mol. The maximum Gasteiger partial charge on any atom is 0.317 e. The van der Waals surface area contributed by atoms with Crippen LogP contribution in [0, 0.1) is 10.8 Å². The van der Waals surface area contributed by atoms with Crippen LogP contribution >= 0.6 is 0 Å². The highest BCUT2D eigenvalue weighted by Gasteiger charge is 2.30. The number of phenols is 8. The smallest absolute Gasteiger partial charge is 0.317 e. The Balaban J connectivity index is 0.000000389. The lowest BCUT2D eigenvalue weighted by molar-refractivity contribution is -0.145. The molecule has 0 aliphatic carbocycles. The van der Waals surface area contributed by atoms with E-state index in [-0.39, 0.29) is 68.3 Å². The highest BCUT2D eigenvalue weighted by Crippen LogP contribution is 2.40. The largest absolute Gasteiger partial charge is 0.508 e. The Labute approximate surface area is 343 Å². The molecule has 0 saturated heterocycles. The van der Waals surface area contributed by atoms with Crippen LogP contribution in [0.15, 0.2) is 72.8 Å². The van der Waals surface area contributed by atoms with Gasteiger partial charge in [-0.25, -0.2) is 0 Å². The predicted molar refractivity (Wildman–Crippen MR) is 225 cm³/mol. The minimum atomic E-state index is -0.644. The number of esters is 2. The first-order chi connectivity index (χ1) is 26.7. The molecule has 0 heterocycles. The molecule has 0 bridgehead atoms. The maximum absolute atomic E-state index is 11.7. The number of carbonyl (C=O) groups excluding carboxylic acids is 2. The van der Waals surface area contributed by atoms with Crippen molar-refractivity contribution >= 4 is 11.9 Å². The molecule has 4 aromatic carbocycles. The normalized spacial score (nSPS) is 11.4. The molecule has 12 nitrogen and oxygen atoms in total. The number of aromatic hydroxyl groups is 8. The summed E-state index contributed by atoms with van der Waals surface area (Å²) in [6, 6.07) is 17.5. The van der Waals surface area contributed by atoms with E-state index in [4.69, 9.17) is 9.47 Å². The van der Waals surface area contributed by atoms with Gasteiger partial charge in [-0.05, 0) is 119 Å². The fourth-order valence-electron chi connectivity index (χ4n) is 4.61. The number of para-hydroxylation sites is 1. The Kier molecular flexibility index (Phi) is 18.3. The van der Waals surface area contributed by atoms with Crippen LogP contribution in [0.1, 0.15) is 120 Å². The predicted octanol–water partition coefficient (Wildman–Crippen LogP) is 10.4. The molecule has 0 aliphatic rings. The molecular weight excluding hydrogens is 744 g/mol. The molecule has 12 heteroatoms. The van der Waals surface area contributed by atoms with Crippen molar-refractivity contribution in [3.63, 3.8) is 0 Å². The van der Waals surface area contributed by atoms with Gasteiger partial charge in [-0.3, -0.25) is 9.59 Å². The fraction of sp³-hybridized carbons (Fsp3) is 0.435. The van der Waals surface area contributed by atoms with E-state index in [0.717, 1.165) is 18.4 Å². The standard InChI is InChI=1S/2C12H16O4.2C11H16O2/c1-4-12(2,3)11(15)16-10-7-8(13)5-6-9(10)14;1-4-12(2,3)11(15)16-10-8(13)6-5-7-9(10)14;1-4-11(2,3)9-7-8(12)5-6-10(9)13;1-4-11(2,3)10-8(12)6-5-7-9(10)13/h2*5-7,13-14H,4H2,1-3H3;2*5-7,12-13H,4H2,1-3H3. The summed E-state index contributed by atoms with van der Waals surface area (Å²) in [5.74, 6) is -1.05. The monoisotopic (exact) mass is 808 g/mol. The number of hydrogen-bond donors (Lipinski definition) is 8. The number of rotatable bonds is 10. The first-order valence-corrected chi connectivity index (χ1v) is 19.2. The van der Waals surface area contributed by atoms with E-state index in [0.29, 0.717) is 18.4 Å². The van der Waals surface area contributed by atoms with Gasteiger partial charge in [0.1, 0.15) is 28.7 Å². The summed E-state index contributed by atoms with van der Waals surface area (Å²) in [5.41, 5.74) is -0.0993. The van der Waals surface area contributed by atoms with Crippen LogP contribution in [0.4, 0.5) is 0 Å². The van der Waals surface area contributed by atoms with E-state index in [1.54, 1.807) is 52.0 Å². The molecular formula is C46H64O12. The van der Waals surface area contributed by atoms with E-state index in [2.05, 4.69) is 6.92 Å². The molecule has 58 heavy (non-hydrogen) atoms. The fourth-order valence-corrected chi connectivity index (χ4v) is 4.61. The first-order valence-electron chi connectivity index (χ1n) is 19.2. The number of ether oxygens (including phenoxy) is 2. The van der Waals surface area contributed by atoms with Crippen molar-refractivity contribution in [1.29, 1.82) is 0 Å². The lowest BCUT2D eigenvalue weighted by Crippen LogP contribution is -2.28. The zero-order chi connectivity index (χ0) is 44.8. The van der Waals surface area contributed by atoms with Gasteiger partial charge in [-0.1, -0.05) is 67.5 Å². The van der Waals surface area contributed by atoms with Crippen molar-refractivity contribution in [2.24, 2.45) is 10.8 Å². The van der Waals surface area contributed by atoms with Gasteiger partial charge in [0.25, 0.3) is 0 Å². The van der Waals surface area contributed by atoms with Gasteiger partial charge >= 0.3 is 11.9 Å². The zero-order valence-electron chi connectivity index (χ0n) is 36.0. The third-order valence-electron chi connectivity index (χ3n) is 10.4. The summed E-state index contributed by atoms with van der Waals surface area (Å²) in [6.07, 6.45) is 3.04. The summed E-state index contributed by atoms with van der Waals surface area (Å²) in [4.78, 5) is 23.4. The topological polar surface area (TPSA) is 214 Å². The van der Waals surface area contributed by atoms with E-state index in [1.165, 1.54) is 48.5 Å². The van der Waals surface area contributed by atoms with Gasteiger partial charge in [0.15, 0.2) is 23.0 Å². The lowest BCUT2D eigenvalue weighted by atomic mass is 9.81. The summed E-state index contributed by atoms with van der Waals surface area (Å²) >= 11 is 0. The van der Waals surface area contributed by atoms with Crippen molar-refractivity contribution in [3.8, 4) is 57.5 Å². The highest BCUT2D eigenvalue weighted by molar-refractivity contribution is 5.80. The van der Waals surface area contributed by atoms with Gasteiger partial charge in [0.2, 0.25) is 5.75 Å². The molecule has 8 N–H and O–H groups in total. The summed E-state index contributed by atoms with van der Waals surface area (Å²) in [7, 11) is 0. The molecule has 0 saturated carbocycles. The van der Waals surface area contributed by atoms with Crippen LogP contribution in [0.5, 0.6) is 57.5 Å². The Morgan fingerprint density at radius 2 is 0.862 bits per heavy atom. The Hall–Kier alpha value is -5.78. The van der Waals surface area contributed by atoms with Gasteiger partial charge in [-0.2, -0.15) is 0 Å². The molecule has 0 aliphatic heterocycles. The van der Waals surface area contributed by atoms with Crippen LogP contribution < -0.4 is 9.47 Å². The number of benzene rings is 4. The van der Waals surface area contributed by atoms with Gasteiger partial charge in [0, 0.05) is 17.2 Å². The average Bonchev–Trinajstić information content (AvgIpc) is 3.16.